The predicted molar refractivity (Wildman–Crippen MR) is 106 cm³/mol. The molecule has 1 aliphatic heterocycles. The number of nitro groups is 1. The van der Waals surface area contributed by atoms with E-state index in [0.717, 1.165) is 23.8 Å². The molecule has 0 spiro atoms. The SMILES string of the molecule is O=C(NC[C@@H](c1ccc(F)cc1)N1CCOCC1)C(=O)Nc1ccc(F)c([N+](=O)[O-])c1. The lowest BCUT2D eigenvalue weighted by molar-refractivity contribution is -0.387. The fraction of sp³-hybridized carbons (Fsp3) is 0.300. The van der Waals surface area contributed by atoms with Crippen molar-refractivity contribution in [2.75, 3.05) is 38.2 Å². The number of nitrogens with one attached hydrogen (secondary N) is 2. The first-order valence-corrected chi connectivity index (χ1v) is 9.45. The molecule has 1 heterocycles. The Hall–Kier alpha value is -3.44. The monoisotopic (exact) mass is 434 g/mol. The fourth-order valence-corrected chi connectivity index (χ4v) is 3.22. The average molecular weight is 434 g/mol. The molecule has 2 aromatic rings. The van der Waals surface area contributed by atoms with Crippen molar-refractivity contribution < 1.29 is 28.0 Å². The minimum Gasteiger partial charge on any atom is -0.379 e. The van der Waals surface area contributed by atoms with Crippen LogP contribution in [0.25, 0.3) is 0 Å². The molecule has 0 saturated carbocycles. The van der Waals surface area contributed by atoms with Crippen LogP contribution in [0, 0.1) is 21.7 Å². The Labute approximate surface area is 176 Å². The van der Waals surface area contributed by atoms with Gasteiger partial charge < -0.3 is 15.4 Å². The maximum atomic E-state index is 13.4. The zero-order valence-electron chi connectivity index (χ0n) is 16.3. The Kier molecular flexibility index (Phi) is 7.21. The van der Waals surface area contributed by atoms with Crippen LogP contribution in [-0.4, -0.2) is 54.5 Å². The molecule has 1 aliphatic rings. The molecule has 0 bridgehead atoms. The molecule has 1 fully saturated rings. The third-order valence-corrected chi connectivity index (χ3v) is 4.80. The van der Waals surface area contributed by atoms with Crippen LogP contribution in [0.4, 0.5) is 20.2 Å². The van der Waals surface area contributed by atoms with Crippen LogP contribution in [0.2, 0.25) is 0 Å². The number of carbonyl (C=O) groups excluding carboxylic acids is 2. The number of nitro benzene ring substituents is 1. The molecule has 2 aromatic carbocycles. The second-order valence-corrected chi connectivity index (χ2v) is 6.80. The summed E-state index contributed by atoms with van der Waals surface area (Å²) < 4.78 is 32.1. The predicted octanol–water partition coefficient (Wildman–Crippen LogP) is 2.00. The van der Waals surface area contributed by atoms with E-state index in [1.54, 1.807) is 12.1 Å². The summed E-state index contributed by atoms with van der Waals surface area (Å²) in [6, 6.07) is 8.32. The number of morpholine rings is 1. The third-order valence-electron chi connectivity index (χ3n) is 4.80. The number of halogens is 2. The van der Waals surface area contributed by atoms with Crippen molar-refractivity contribution in [2.45, 2.75) is 6.04 Å². The van der Waals surface area contributed by atoms with Crippen molar-refractivity contribution in [1.82, 2.24) is 10.2 Å². The molecule has 2 amide bonds. The smallest absolute Gasteiger partial charge is 0.313 e. The molecule has 164 valence electrons. The Morgan fingerprint density at radius 1 is 1.10 bits per heavy atom. The van der Waals surface area contributed by atoms with Crippen LogP contribution in [0.5, 0.6) is 0 Å². The normalized spacial score (nSPS) is 15.2. The number of anilines is 1. The second kappa shape index (κ2) is 10.0. The van der Waals surface area contributed by atoms with Crippen molar-refractivity contribution in [3.8, 4) is 0 Å². The fourth-order valence-electron chi connectivity index (χ4n) is 3.22. The topological polar surface area (TPSA) is 114 Å². The van der Waals surface area contributed by atoms with E-state index in [0.29, 0.717) is 26.3 Å². The zero-order valence-corrected chi connectivity index (χ0v) is 16.3. The molecule has 9 nitrogen and oxygen atoms in total. The number of rotatable bonds is 6. The lowest BCUT2D eigenvalue weighted by atomic mass is 10.0. The number of carbonyl (C=O) groups is 2. The van der Waals surface area contributed by atoms with E-state index in [-0.39, 0.29) is 24.1 Å². The molecule has 11 heteroatoms. The molecular weight excluding hydrogens is 414 g/mol. The summed E-state index contributed by atoms with van der Waals surface area (Å²) in [5, 5.41) is 15.5. The minimum atomic E-state index is -1.06. The number of hydrogen-bond acceptors (Lipinski definition) is 6. The van der Waals surface area contributed by atoms with Crippen molar-refractivity contribution in [3.05, 3.63) is 69.8 Å². The van der Waals surface area contributed by atoms with E-state index in [4.69, 9.17) is 4.74 Å². The summed E-state index contributed by atoms with van der Waals surface area (Å²) in [6.07, 6.45) is 0. The number of hydrogen-bond donors (Lipinski definition) is 2. The highest BCUT2D eigenvalue weighted by molar-refractivity contribution is 6.39. The van der Waals surface area contributed by atoms with Crippen LogP contribution >= 0.6 is 0 Å². The molecule has 1 atom stereocenters. The molecule has 2 N–H and O–H groups in total. The Morgan fingerprint density at radius 3 is 2.42 bits per heavy atom. The quantitative estimate of drug-likeness (QED) is 0.408. The van der Waals surface area contributed by atoms with Crippen LogP contribution in [0.15, 0.2) is 42.5 Å². The van der Waals surface area contributed by atoms with Crippen LogP contribution < -0.4 is 10.6 Å². The van der Waals surface area contributed by atoms with Gasteiger partial charge in [0.2, 0.25) is 5.82 Å². The first kappa shape index (κ1) is 22.2. The van der Waals surface area contributed by atoms with E-state index >= 15 is 0 Å². The zero-order chi connectivity index (χ0) is 22.4. The van der Waals surface area contributed by atoms with Gasteiger partial charge in [-0.15, -0.1) is 0 Å². The Bertz CT molecular complexity index is 965. The third kappa shape index (κ3) is 5.80. The molecule has 0 unspecified atom stereocenters. The highest BCUT2D eigenvalue weighted by Gasteiger charge is 2.25. The van der Waals surface area contributed by atoms with E-state index in [2.05, 4.69) is 15.5 Å². The van der Waals surface area contributed by atoms with Crippen molar-refractivity contribution in [1.29, 1.82) is 0 Å². The summed E-state index contributed by atoms with van der Waals surface area (Å²) in [7, 11) is 0. The van der Waals surface area contributed by atoms with E-state index in [1.165, 1.54) is 12.1 Å². The molecule has 31 heavy (non-hydrogen) atoms. The van der Waals surface area contributed by atoms with Gasteiger partial charge in [0.15, 0.2) is 0 Å². The summed E-state index contributed by atoms with van der Waals surface area (Å²) in [6.45, 7) is 2.29. The van der Waals surface area contributed by atoms with E-state index in [9.17, 15) is 28.5 Å². The van der Waals surface area contributed by atoms with Gasteiger partial charge in [0, 0.05) is 31.4 Å². The largest absolute Gasteiger partial charge is 0.379 e. The lowest BCUT2D eigenvalue weighted by Crippen LogP contribution is -2.45. The first-order valence-electron chi connectivity index (χ1n) is 9.45. The van der Waals surface area contributed by atoms with Crippen LogP contribution in [0.3, 0.4) is 0 Å². The van der Waals surface area contributed by atoms with Crippen molar-refractivity contribution in [2.24, 2.45) is 0 Å². The molecular formula is C20H20F2N4O5. The van der Waals surface area contributed by atoms with Gasteiger partial charge in [-0.1, -0.05) is 12.1 Å². The summed E-state index contributed by atoms with van der Waals surface area (Å²) in [5.74, 6) is -3.46. The van der Waals surface area contributed by atoms with Crippen molar-refractivity contribution in [3.63, 3.8) is 0 Å². The maximum Gasteiger partial charge on any atom is 0.313 e. The first-order chi connectivity index (χ1) is 14.8. The number of amides is 2. The van der Waals surface area contributed by atoms with Gasteiger partial charge in [-0.2, -0.15) is 4.39 Å². The van der Waals surface area contributed by atoms with Gasteiger partial charge >= 0.3 is 17.5 Å². The van der Waals surface area contributed by atoms with Gasteiger partial charge in [-0.25, -0.2) is 4.39 Å². The standard InChI is InChI=1S/C20H20F2N4O5/c21-14-3-1-13(2-4-14)18(25-7-9-31-10-8-25)12-23-19(27)20(28)24-15-5-6-16(22)17(11-15)26(29)30/h1-6,11,18H,7-10,12H2,(H,23,27)(H,24,28)/t18-/m0/s1. The van der Waals surface area contributed by atoms with Crippen molar-refractivity contribution >= 4 is 23.2 Å². The van der Waals surface area contributed by atoms with Gasteiger partial charge in [0.1, 0.15) is 5.82 Å². The maximum absolute atomic E-state index is 13.4. The van der Waals surface area contributed by atoms with Crippen LogP contribution in [0.1, 0.15) is 11.6 Å². The molecule has 0 aliphatic carbocycles. The van der Waals surface area contributed by atoms with Gasteiger partial charge in [0.05, 0.1) is 24.2 Å². The molecule has 0 radical (unpaired) electrons. The molecule has 1 saturated heterocycles. The van der Waals surface area contributed by atoms with Gasteiger partial charge in [-0.05, 0) is 29.8 Å². The van der Waals surface area contributed by atoms with Crippen LogP contribution in [-0.2, 0) is 14.3 Å². The van der Waals surface area contributed by atoms with E-state index in [1.807, 2.05) is 0 Å². The summed E-state index contributed by atoms with van der Waals surface area (Å²) in [5.41, 5.74) is -0.142. The van der Waals surface area contributed by atoms with Gasteiger partial charge in [0.25, 0.3) is 0 Å². The summed E-state index contributed by atoms with van der Waals surface area (Å²) >= 11 is 0. The summed E-state index contributed by atoms with van der Waals surface area (Å²) in [4.78, 5) is 36.4. The highest BCUT2D eigenvalue weighted by atomic mass is 19.1. The molecule has 0 aromatic heterocycles. The number of nitrogens with zero attached hydrogens (tertiary/aromatic N) is 2. The number of benzene rings is 2. The second-order valence-electron chi connectivity index (χ2n) is 6.80. The van der Waals surface area contributed by atoms with Gasteiger partial charge in [-0.3, -0.25) is 24.6 Å². The Morgan fingerprint density at radius 2 is 1.77 bits per heavy atom. The molecule has 3 rings (SSSR count). The Balaban J connectivity index is 1.66. The van der Waals surface area contributed by atoms with E-state index < -0.39 is 28.2 Å². The lowest BCUT2D eigenvalue weighted by Gasteiger charge is -2.34. The number of ether oxygens (including phenoxy) is 1. The average Bonchev–Trinajstić information content (AvgIpc) is 2.76. The minimum absolute atomic E-state index is 0.0709. The highest BCUT2D eigenvalue weighted by Crippen LogP contribution is 2.23.